The van der Waals surface area contributed by atoms with Crippen LogP contribution in [0.25, 0.3) is 0 Å². The molecule has 0 aromatic heterocycles. The molecule has 0 radical (unpaired) electrons. The van der Waals surface area contributed by atoms with Crippen molar-refractivity contribution in [2.45, 2.75) is 26.3 Å². The lowest BCUT2D eigenvalue weighted by Crippen LogP contribution is -2.34. The van der Waals surface area contributed by atoms with Gasteiger partial charge >= 0.3 is 9.24 Å². The Kier molecular flexibility index (Phi) is 2.68. The first-order valence-electron chi connectivity index (χ1n) is 3.80. The van der Waals surface area contributed by atoms with Crippen LogP contribution in [0.2, 0.25) is 0 Å². The van der Waals surface area contributed by atoms with E-state index in [2.05, 4.69) is 0 Å². The SMILES string of the molecule is C/C=C1\CC(=O)N(S(=O)(=O)Cl)C1C. The number of carbonyl (C=O) groups excluding carboxylic acids is 1. The van der Waals surface area contributed by atoms with Crippen LogP contribution in [0.1, 0.15) is 20.3 Å². The molecule has 0 spiro atoms. The molecule has 6 heteroatoms. The van der Waals surface area contributed by atoms with Crippen LogP contribution in [0.15, 0.2) is 11.6 Å². The fourth-order valence-corrected chi connectivity index (χ4v) is 2.83. The van der Waals surface area contributed by atoms with Crippen LogP contribution >= 0.6 is 10.7 Å². The van der Waals surface area contributed by atoms with Gasteiger partial charge in [0.1, 0.15) is 0 Å². The molecule has 4 nitrogen and oxygen atoms in total. The third-order valence-corrected chi connectivity index (χ3v) is 3.53. The Morgan fingerprint density at radius 1 is 1.62 bits per heavy atom. The highest BCUT2D eigenvalue weighted by molar-refractivity contribution is 8.12. The molecular weight excluding hydrogens is 214 g/mol. The van der Waals surface area contributed by atoms with Gasteiger partial charge in [-0.3, -0.25) is 4.79 Å². The van der Waals surface area contributed by atoms with E-state index in [1.54, 1.807) is 19.9 Å². The van der Waals surface area contributed by atoms with E-state index in [9.17, 15) is 13.2 Å². The summed E-state index contributed by atoms with van der Waals surface area (Å²) in [5, 5.41) is 0. The molecule has 0 aliphatic carbocycles. The van der Waals surface area contributed by atoms with Gasteiger partial charge in [0, 0.05) is 10.7 Å². The minimum Gasteiger partial charge on any atom is -0.273 e. The van der Waals surface area contributed by atoms with E-state index in [4.69, 9.17) is 10.7 Å². The van der Waals surface area contributed by atoms with E-state index < -0.39 is 21.2 Å². The Morgan fingerprint density at radius 2 is 2.15 bits per heavy atom. The van der Waals surface area contributed by atoms with Crippen LogP contribution in [0, 0.1) is 0 Å². The van der Waals surface area contributed by atoms with Crippen molar-refractivity contribution in [2.75, 3.05) is 0 Å². The maximum absolute atomic E-state index is 11.2. The molecule has 0 saturated carbocycles. The highest BCUT2D eigenvalue weighted by Crippen LogP contribution is 2.28. The summed E-state index contributed by atoms with van der Waals surface area (Å²) in [5.41, 5.74) is 0.786. The van der Waals surface area contributed by atoms with Crippen molar-refractivity contribution < 1.29 is 13.2 Å². The van der Waals surface area contributed by atoms with E-state index in [0.717, 1.165) is 5.57 Å². The fraction of sp³-hybridized carbons (Fsp3) is 0.571. The second kappa shape index (κ2) is 3.31. The largest absolute Gasteiger partial charge is 0.324 e. The molecule has 0 bridgehead atoms. The van der Waals surface area contributed by atoms with E-state index in [0.29, 0.717) is 4.31 Å². The zero-order chi connectivity index (χ0) is 10.2. The van der Waals surface area contributed by atoms with Crippen LogP contribution in [0.3, 0.4) is 0 Å². The highest BCUT2D eigenvalue weighted by atomic mass is 35.7. The van der Waals surface area contributed by atoms with Gasteiger partial charge in [0.25, 0.3) is 0 Å². The average molecular weight is 224 g/mol. The molecule has 13 heavy (non-hydrogen) atoms. The highest BCUT2D eigenvalue weighted by Gasteiger charge is 2.38. The van der Waals surface area contributed by atoms with Crippen molar-refractivity contribution >= 4 is 25.8 Å². The van der Waals surface area contributed by atoms with E-state index in [1.807, 2.05) is 0 Å². The van der Waals surface area contributed by atoms with Crippen molar-refractivity contribution in [1.29, 1.82) is 0 Å². The summed E-state index contributed by atoms with van der Waals surface area (Å²) >= 11 is 0. The van der Waals surface area contributed by atoms with Gasteiger partial charge < -0.3 is 0 Å². The first-order chi connectivity index (χ1) is 5.88. The summed E-state index contributed by atoms with van der Waals surface area (Å²) in [6.45, 7) is 3.41. The fourth-order valence-electron chi connectivity index (χ4n) is 1.42. The average Bonchev–Trinajstić information content (AvgIpc) is 2.24. The number of carbonyl (C=O) groups is 1. The maximum Gasteiger partial charge on any atom is 0.324 e. The van der Waals surface area contributed by atoms with Crippen LogP contribution in [-0.4, -0.2) is 24.7 Å². The van der Waals surface area contributed by atoms with E-state index in [1.165, 1.54) is 0 Å². The molecule has 0 aromatic rings. The molecule has 1 heterocycles. The van der Waals surface area contributed by atoms with E-state index in [-0.39, 0.29) is 6.42 Å². The smallest absolute Gasteiger partial charge is 0.273 e. The predicted molar refractivity (Wildman–Crippen MR) is 49.5 cm³/mol. The van der Waals surface area contributed by atoms with Gasteiger partial charge in [-0.2, -0.15) is 8.42 Å². The van der Waals surface area contributed by atoms with Crippen molar-refractivity contribution in [2.24, 2.45) is 0 Å². The lowest BCUT2D eigenvalue weighted by molar-refractivity contribution is -0.124. The molecule has 0 aromatic carbocycles. The molecule has 1 fully saturated rings. The summed E-state index contributed by atoms with van der Waals surface area (Å²) in [4.78, 5) is 11.2. The lowest BCUT2D eigenvalue weighted by atomic mass is 10.1. The topological polar surface area (TPSA) is 54.5 Å². The Balaban J connectivity index is 3.10. The van der Waals surface area contributed by atoms with Crippen molar-refractivity contribution in [3.8, 4) is 0 Å². The zero-order valence-electron chi connectivity index (χ0n) is 7.32. The van der Waals surface area contributed by atoms with Gasteiger partial charge in [0.05, 0.1) is 12.5 Å². The summed E-state index contributed by atoms with van der Waals surface area (Å²) in [6, 6.07) is -0.444. The molecular formula is C7H10ClNO3S. The van der Waals surface area contributed by atoms with Gasteiger partial charge in [0.15, 0.2) is 0 Å². The van der Waals surface area contributed by atoms with Gasteiger partial charge in [-0.25, -0.2) is 4.31 Å². The third-order valence-electron chi connectivity index (χ3n) is 2.10. The van der Waals surface area contributed by atoms with Gasteiger partial charge in [-0.1, -0.05) is 6.08 Å². The molecule has 1 amide bonds. The summed E-state index contributed by atoms with van der Waals surface area (Å²) in [5.74, 6) is -0.462. The normalized spacial score (nSPS) is 27.3. The molecule has 0 N–H and O–H groups in total. The Hall–Kier alpha value is -0.550. The third kappa shape index (κ3) is 1.86. The number of hydrogen-bond acceptors (Lipinski definition) is 3. The Morgan fingerprint density at radius 3 is 2.38 bits per heavy atom. The van der Waals surface area contributed by atoms with Gasteiger partial charge in [-0.05, 0) is 19.4 Å². The quantitative estimate of drug-likeness (QED) is 0.493. The first-order valence-corrected chi connectivity index (χ1v) is 6.06. The van der Waals surface area contributed by atoms with Crippen LogP contribution in [-0.2, 0) is 14.0 Å². The Bertz CT molecular complexity index is 360. The number of nitrogens with zero attached hydrogens (tertiary/aromatic N) is 1. The first kappa shape index (κ1) is 10.5. The van der Waals surface area contributed by atoms with Crippen LogP contribution in [0.5, 0.6) is 0 Å². The number of halogens is 1. The Labute approximate surface area is 81.7 Å². The van der Waals surface area contributed by atoms with Crippen LogP contribution in [0.4, 0.5) is 0 Å². The lowest BCUT2D eigenvalue weighted by Gasteiger charge is -2.16. The molecule has 1 saturated heterocycles. The van der Waals surface area contributed by atoms with Crippen molar-refractivity contribution in [1.82, 2.24) is 4.31 Å². The van der Waals surface area contributed by atoms with E-state index >= 15 is 0 Å². The molecule has 1 aliphatic heterocycles. The summed E-state index contributed by atoms with van der Waals surface area (Å²) in [6.07, 6.45) is 1.88. The zero-order valence-corrected chi connectivity index (χ0v) is 8.89. The molecule has 74 valence electrons. The second-order valence-corrected chi connectivity index (χ2v) is 5.24. The predicted octanol–water partition coefficient (Wildman–Crippen LogP) is 1.04. The summed E-state index contributed by atoms with van der Waals surface area (Å²) < 4.78 is 22.6. The molecule has 1 atom stereocenters. The second-order valence-electron chi connectivity index (χ2n) is 2.85. The molecule has 1 unspecified atom stereocenters. The maximum atomic E-state index is 11.2. The number of rotatable bonds is 1. The minimum absolute atomic E-state index is 0.142. The van der Waals surface area contributed by atoms with Crippen LogP contribution < -0.4 is 0 Å². The van der Waals surface area contributed by atoms with Crippen molar-refractivity contribution in [3.63, 3.8) is 0 Å². The van der Waals surface area contributed by atoms with Gasteiger partial charge in [0.2, 0.25) is 5.91 Å². The number of allylic oxidation sites excluding steroid dienone is 1. The van der Waals surface area contributed by atoms with Gasteiger partial charge in [-0.15, -0.1) is 0 Å². The number of amides is 1. The standard InChI is InChI=1S/C7H10ClNO3S/c1-3-6-4-7(10)9(5(6)2)13(8,11)12/h3,5H,4H2,1-2H3/b6-3+. The monoisotopic (exact) mass is 223 g/mol. The minimum atomic E-state index is -3.93. The van der Waals surface area contributed by atoms with Crippen molar-refractivity contribution in [3.05, 3.63) is 11.6 Å². The molecule has 1 aliphatic rings. The molecule has 1 rings (SSSR count). The summed E-state index contributed by atoms with van der Waals surface area (Å²) in [7, 11) is 1.17. The number of hydrogen-bond donors (Lipinski definition) is 0.